The van der Waals surface area contributed by atoms with Gasteiger partial charge in [0.25, 0.3) is 10.0 Å². The van der Waals surface area contributed by atoms with Crippen LogP contribution >= 0.6 is 0 Å². The Balaban J connectivity index is 2.02. The molecule has 0 fully saturated rings. The first-order chi connectivity index (χ1) is 9.49. The largest absolute Gasteiger partial charge is 0.261 e. The van der Waals surface area contributed by atoms with Crippen LogP contribution in [0.25, 0.3) is 0 Å². The maximum Gasteiger partial charge on any atom is 0.261 e. The van der Waals surface area contributed by atoms with Crippen molar-refractivity contribution < 1.29 is 12.8 Å². The molecule has 0 bridgehead atoms. The monoisotopic (exact) mass is 294 g/mol. The fourth-order valence-corrected chi connectivity index (χ4v) is 2.87. The highest BCUT2D eigenvalue weighted by molar-refractivity contribution is 7.89. The summed E-state index contributed by atoms with van der Waals surface area (Å²) in [7, 11) is -3.91. The zero-order chi connectivity index (χ0) is 14.6. The van der Waals surface area contributed by atoms with Crippen LogP contribution in [0.5, 0.6) is 0 Å². The van der Waals surface area contributed by atoms with Crippen LogP contribution in [0.2, 0.25) is 0 Å². The highest BCUT2D eigenvalue weighted by Crippen LogP contribution is 2.10. The van der Waals surface area contributed by atoms with Crippen molar-refractivity contribution in [3.63, 3.8) is 0 Å². The van der Waals surface area contributed by atoms with E-state index >= 15 is 0 Å². The van der Waals surface area contributed by atoms with Gasteiger partial charge in [0.1, 0.15) is 0 Å². The Morgan fingerprint density at radius 2 is 2.05 bits per heavy atom. The van der Waals surface area contributed by atoms with Crippen molar-refractivity contribution in [1.82, 2.24) is 9.71 Å². The minimum atomic E-state index is -3.91. The van der Waals surface area contributed by atoms with E-state index in [1.807, 2.05) is 31.2 Å². The van der Waals surface area contributed by atoms with Gasteiger partial charge in [-0.25, -0.2) is 22.5 Å². The first-order valence-electron chi connectivity index (χ1n) is 6.15. The number of pyridine rings is 1. The summed E-state index contributed by atoms with van der Waals surface area (Å²) in [6, 6.07) is 10.2. The molecule has 0 radical (unpaired) electrons. The van der Waals surface area contributed by atoms with Crippen LogP contribution in [0.4, 0.5) is 4.39 Å². The van der Waals surface area contributed by atoms with Crippen molar-refractivity contribution in [3.05, 3.63) is 59.5 Å². The minimum Gasteiger partial charge on any atom is -0.241 e. The summed E-state index contributed by atoms with van der Waals surface area (Å²) in [5, 5.41) is -0.566. The summed E-state index contributed by atoms with van der Waals surface area (Å²) >= 11 is 0. The zero-order valence-electron chi connectivity index (χ0n) is 11.0. The lowest BCUT2D eigenvalue weighted by atomic mass is 10.1. The molecule has 0 atom stereocenters. The third kappa shape index (κ3) is 3.61. The molecule has 1 aromatic carbocycles. The van der Waals surface area contributed by atoms with Gasteiger partial charge in [-0.05, 0) is 31.0 Å². The van der Waals surface area contributed by atoms with Crippen LogP contribution in [0.1, 0.15) is 11.1 Å². The molecular formula is C14H15FN2O2S. The molecule has 1 aromatic heterocycles. The quantitative estimate of drug-likeness (QED) is 0.918. The molecule has 0 amide bonds. The van der Waals surface area contributed by atoms with Crippen LogP contribution in [-0.4, -0.2) is 19.9 Å². The van der Waals surface area contributed by atoms with E-state index in [1.54, 1.807) is 0 Å². The predicted molar refractivity (Wildman–Crippen MR) is 74.3 cm³/mol. The molecule has 0 aliphatic carbocycles. The van der Waals surface area contributed by atoms with E-state index in [0.717, 1.165) is 17.2 Å². The van der Waals surface area contributed by atoms with E-state index in [2.05, 4.69) is 9.71 Å². The average molecular weight is 294 g/mol. The number of sulfonamides is 1. The van der Waals surface area contributed by atoms with Crippen molar-refractivity contribution in [1.29, 1.82) is 0 Å². The molecule has 2 aromatic rings. The second kappa shape index (κ2) is 6.11. The third-order valence-corrected chi connectivity index (χ3v) is 4.16. The second-order valence-electron chi connectivity index (χ2n) is 4.43. The van der Waals surface area contributed by atoms with Gasteiger partial charge in [-0.2, -0.15) is 0 Å². The highest BCUT2D eigenvalue weighted by Gasteiger charge is 2.19. The summed E-state index contributed by atoms with van der Waals surface area (Å²) in [4.78, 5) is 3.56. The Morgan fingerprint density at radius 3 is 2.75 bits per heavy atom. The van der Waals surface area contributed by atoms with Crippen molar-refractivity contribution in [2.45, 2.75) is 18.4 Å². The lowest BCUT2D eigenvalue weighted by Crippen LogP contribution is -2.27. The summed E-state index contributed by atoms with van der Waals surface area (Å²) in [6.07, 6.45) is 1.79. The Bertz CT molecular complexity index is 702. The normalized spacial score (nSPS) is 11.5. The van der Waals surface area contributed by atoms with E-state index in [9.17, 15) is 12.8 Å². The molecule has 0 unspecified atom stereocenters. The number of hydrogen-bond acceptors (Lipinski definition) is 3. The number of halogens is 1. The van der Waals surface area contributed by atoms with Crippen molar-refractivity contribution in [3.8, 4) is 0 Å². The van der Waals surface area contributed by atoms with Crippen molar-refractivity contribution >= 4 is 10.0 Å². The van der Waals surface area contributed by atoms with E-state index in [4.69, 9.17) is 0 Å². The zero-order valence-corrected chi connectivity index (χ0v) is 11.8. The van der Waals surface area contributed by atoms with Gasteiger partial charge < -0.3 is 0 Å². The number of nitrogens with one attached hydrogen (secondary N) is 1. The number of nitrogens with zero attached hydrogens (tertiary/aromatic N) is 1. The minimum absolute atomic E-state index is 0.196. The second-order valence-corrected chi connectivity index (χ2v) is 6.11. The molecule has 0 saturated heterocycles. The van der Waals surface area contributed by atoms with Gasteiger partial charge >= 0.3 is 0 Å². The topological polar surface area (TPSA) is 59.1 Å². The lowest BCUT2D eigenvalue weighted by molar-refractivity contribution is 0.545. The van der Waals surface area contributed by atoms with Crippen LogP contribution in [0.15, 0.2) is 47.6 Å². The van der Waals surface area contributed by atoms with Crippen LogP contribution in [-0.2, 0) is 16.4 Å². The molecule has 0 aliphatic rings. The maximum atomic E-state index is 13.4. The van der Waals surface area contributed by atoms with Crippen LogP contribution in [0.3, 0.4) is 0 Å². The van der Waals surface area contributed by atoms with Gasteiger partial charge in [-0.3, -0.25) is 0 Å². The maximum absolute atomic E-state index is 13.4. The standard InChI is InChI=1S/C14H15FN2O2S/c1-11-4-2-5-12(10-11)7-9-17-20(18,19)14-13(15)6-3-8-16-14/h2-6,8,10,17H,7,9H2,1H3. The molecular weight excluding hydrogens is 279 g/mol. The smallest absolute Gasteiger partial charge is 0.241 e. The Kier molecular flexibility index (Phi) is 4.46. The number of hydrogen-bond donors (Lipinski definition) is 1. The number of aromatic nitrogens is 1. The Labute approximate surface area is 117 Å². The van der Waals surface area contributed by atoms with Gasteiger partial charge in [0.05, 0.1) is 0 Å². The fourth-order valence-electron chi connectivity index (χ4n) is 1.83. The molecule has 2 rings (SSSR count). The molecule has 1 heterocycles. The number of rotatable bonds is 5. The third-order valence-electron chi connectivity index (χ3n) is 2.77. The molecule has 106 valence electrons. The van der Waals surface area contributed by atoms with Crippen molar-refractivity contribution in [2.75, 3.05) is 6.54 Å². The first-order valence-corrected chi connectivity index (χ1v) is 7.63. The molecule has 1 N–H and O–H groups in total. The Morgan fingerprint density at radius 1 is 1.25 bits per heavy atom. The number of benzene rings is 1. The van der Waals surface area contributed by atoms with E-state index in [1.165, 1.54) is 12.3 Å². The van der Waals surface area contributed by atoms with Gasteiger partial charge in [0.15, 0.2) is 5.82 Å². The molecule has 6 heteroatoms. The summed E-state index contributed by atoms with van der Waals surface area (Å²) in [5.74, 6) is -0.851. The van der Waals surface area contributed by atoms with E-state index in [0.29, 0.717) is 6.42 Å². The van der Waals surface area contributed by atoms with Crippen LogP contribution < -0.4 is 4.72 Å². The molecule has 0 spiro atoms. The number of aryl methyl sites for hydroxylation is 1. The summed E-state index contributed by atoms with van der Waals surface area (Å²) < 4.78 is 39.6. The van der Waals surface area contributed by atoms with E-state index in [-0.39, 0.29) is 6.54 Å². The molecule has 0 saturated carbocycles. The van der Waals surface area contributed by atoms with Crippen LogP contribution in [0, 0.1) is 12.7 Å². The van der Waals surface area contributed by atoms with Gasteiger partial charge in [0, 0.05) is 12.7 Å². The SMILES string of the molecule is Cc1cccc(CCNS(=O)(=O)c2ncccc2F)c1. The highest BCUT2D eigenvalue weighted by atomic mass is 32.2. The molecule has 4 nitrogen and oxygen atoms in total. The molecule has 0 aliphatic heterocycles. The molecule has 20 heavy (non-hydrogen) atoms. The van der Waals surface area contributed by atoms with Crippen molar-refractivity contribution in [2.24, 2.45) is 0 Å². The van der Waals surface area contributed by atoms with Gasteiger partial charge in [-0.15, -0.1) is 0 Å². The lowest BCUT2D eigenvalue weighted by Gasteiger charge is -2.07. The first kappa shape index (κ1) is 14.6. The fraction of sp³-hybridized carbons (Fsp3) is 0.214. The summed E-state index contributed by atoms with van der Waals surface area (Å²) in [5.41, 5.74) is 2.13. The predicted octanol–water partition coefficient (Wildman–Crippen LogP) is 2.05. The Hall–Kier alpha value is -1.79. The summed E-state index contributed by atoms with van der Waals surface area (Å²) in [6.45, 7) is 2.17. The van der Waals surface area contributed by atoms with E-state index < -0.39 is 20.9 Å². The average Bonchev–Trinajstić information content (AvgIpc) is 2.39. The van der Waals surface area contributed by atoms with Gasteiger partial charge in [-0.1, -0.05) is 29.8 Å². The van der Waals surface area contributed by atoms with Gasteiger partial charge in [0.2, 0.25) is 5.03 Å².